The predicted molar refractivity (Wildman–Crippen MR) is 87.4 cm³/mol. The Hall–Kier alpha value is -1.52. The lowest BCUT2D eigenvalue weighted by molar-refractivity contribution is -0.123. The number of carbonyl (C=O) groups is 2. The highest BCUT2D eigenvalue weighted by Gasteiger charge is 2.60. The van der Waals surface area contributed by atoms with E-state index in [0.717, 1.165) is 0 Å². The molecule has 0 aromatic rings. The molecule has 2 amide bonds. The van der Waals surface area contributed by atoms with Crippen LogP contribution in [0.25, 0.3) is 0 Å². The van der Waals surface area contributed by atoms with E-state index in [1.54, 1.807) is 0 Å². The van der Waals surface area contributed by atoms with Crippen LogP contribution in [0.3, 0.4) is 0 Å². The standard InChI is InChI=1S/C17H30N2O3/c1-11(2)10-12-13(17(12,6)7)14(20)18-8-9-19-15(21)22-16(3,4)5/h10,12-13H,8-9H2,1-7H3,(H,18,20)(H,19,21)/t12-,13-/m0/s1. The molecule has 0 bridgehead atoms. The molecule has 1 fully saturated rings. The Bertz CT molecular complexity index is 457. The highest BCUT2D eigenvalue weighted by Crippen LogP contribution is 2.59. The van der Waals surface area contributed by atoms with Crippen molar-refractivity contribution >= 4 is 12.0 Å². The topological polar surface area (TPSA) is 67.4 Å². The third-order valence-corrected chi connectivity index (χ3v) is 3.80. The molecule has 0 unspecified atom stereocenters. The summed E-state index contributed by atoms with van der Waals surface area (Å²) < 4.78 is 5.13. The van der Waals surface area contributed by atoms with Crippen molar-refractivity contribution < 1.29 is 14.3 Å². The van der Waals surface area contributed by atoms with Crippen molar-refractivity contribution in [2.24, 2.45) is 17.3 Å². The predicted octanol–water partition coefficient (Wildman–Crippen LogP) is 2.87. The van der Waals surface area contributed by atoms with Gasteiger partial charge >= 0.3 is 6.09 Å². The van der Waals surface area contributed by atoms with Crippen molar-refractivity contribution in [3.05, 3.63) is 11.6 Å². The largest absolute Gasteiger partial charge is 0.444 e. The van der Waals surface area contributed by atoms with Gasteiger partial charge in [-0.25, -0.2) is 4.79 Å². The van der Waals surface area contributed by atoms with E-state index in [2.05, 4.69) is 30.6 Å². The van der Waals surface area contributed by atoms with Gasteiger partial charge in [-0.1, -0.05) is 25.5 Å². The average Bonchev–Trinajstić information content (AvgIpc) is 2.83. The molecule has 2 N–H and O–H groups in total. The first kappa shape index (κ1) is 18.5. The average molecular weight is 310 g/mol. The zero-order chi connectivity index (χ0) is 17.1. The highest BCUT2D eigenvalue weighted by molar-refractivity contribution is 5.83. The molecule has 0 spiro atoms. The molecular formula is C17H30N2O3. The van der Waals surface area contributed by atoms with Crippen LogP contribution in [0.4, 0.5) is 4.79 Å². The van der Waals surface area contributed by atoms with Crippen LogP contribution in [-0.4, -0.2) is 30.7 Å². The number of alkyl carbamates (subject to hydrolysis) is 1. The van der Waals surface area contributed by atoms with E-state index in [1.807, 2.05) is 34.6 Å². The van der Waals surface area contributed by atoms with Crippen LogP contribution in [0.2, 0.25) is 0 Å². The highest BCUT2D eigenvalue weighted by atomic mass is 16.6. The Labute approximate surface area is 133 Å². The molecule has 0 saturated heterocycles. The van der Waals surface area contributed by atoms with Crippen molar-refractivity contribution in [1.29, 1.82) is 0 Å². The fraction of sp³-hybridized carbons (Fsp3) is 0.765. The summed E-state index contributed by atoms with van der Waals surface area (Å²) in [6.07, 6.45) is 1.71. The van der Waals surface area contributed by atoms with Crippen LogP contribution in [0.15, 0.2) is 11.6 Å². The van der Waals surface area contributed by atoms with E-state index < -0.39 is 11.7 Å². The van der Waals surface area contributed by atoms with Crippen LogP contribution in [0.1, 0.15) is 48.5 Å². The third kappa shape index (κ3) is 5.35. The second-order valence-electron chi connectivity index (χ2n) is 7.79. The monoisotopic (exact) mass is 310 g/mol. The Morgan fingerprint density at radius 3 is 2.18 bits per heavy atom. The first-order chi connectivity index (χ1) is 9.95. The van der Waals surface area contributed by atoms with Gasteiger partial charge in [-0.15, -0.1) is 0 Å². The number of rotatable bonds is 5. The minimum absolute atomic E-state index is 0.0138. The fourth-order valence-electron chi connectivity index (χ4n) is 2.62. The molecule has 0 radical (unpaired) electrons. The Balaban J connectivity index is 2.31. The van der Waals surface area contributed by atoms with Crippen molar-refractivity contribution in [2.75, 3.05) is 13.1 Å². The Morgan fingerprint density at radius 2 is 1.68 bits per heavy atom. The fourth-order valence-corrected chi connectivity index (χ4v) is 2.62. The zero-order valence-corrected chi connectivity index (χ0v) is 14.9. The normalized spacial score (nSPS) is 22.5. The van der Waals surface area contributed by atoms with Gasteiger partial charge in [0.1, 0.15) is 5.60 Å². The van der Waals surface area contributed by atoms with E-state index in [9.17, 15) is 9.59 Å². The summed E-state index contributed by atoms with van der Waals surface area (Å²) >= 11 is 0. The van der Waals surface area contributed by atoms with E-state index in [-0.39, 0.29) is 17.2 Å². The minimum atomic E-state index is -0.511. The van der Waals surface area contributed by atoms with Gasteiger partial charge in [0.25, 0.3) is 0 Å². The summed E-state index contributed by atoms with van der Waals surface area (Å²) in [5.41, 5.74) is 0.739. The number of hydrogen-bond acceptors (Lipinski definition) is 3. The molecule has 0 aromatic carbocycles. The molecular weight excluding hydrogens is 280 g/mol. The van der Waals surface area contributed by atoms with Gasteiger partial charge in [-0.2, -0.15) is 0 Å². The first-order valence-electron chi connectivity index (χ1n) is 7.84. The van der Waals surface area contributed by atoms with Gasteiger partial charge in [0.05, 0.1) is 5.92 Å². The molecule has 1 saturated carbocycles. The van der Waals surface area contributed by atoms with E-state index >= 15 is 0 Å². The van der Waals surface area contributed by atoms with E-state index in [1.165, 1.54) is 5.57 Å². The summed E-state index contributed by atoms with van der Waals surface area (Å²) in [7, 11) is 0. The van der Waals surface area contributed by atoms with Crippen LogP contribution < -0.4 is 10.6 Å². The summed E-state index contributed by atoms with van der Waals surface area (Å²) in [4.78, 5) is 23.7. The molecule has 5 nitrogen and oxygen atoms in total. The first-order valence-corrected chi connectivity index (χ1v) is 7.84. The van der Waals surface area contributed by atoms with Gasteiger partial charge in [0.2, 0.25) is 5.91 Å². The van der Waals surface area contributed by atoms with Gasteiger partial charge in [-0.3, -0.25) is 4.79 Å². The molecule has 126 valence electrons. The smallest absolute Gasteiger partial charge is 0.407 e. The van der Waals surface area contributed by atoms with Crippen molar-refractivity contribution in [1.82, 2.24) is 10.6 Å². The molecule has 5 heteroatoms. The van der Waals surface area contributed by atoms with Crippen LogP contribution in [0, 0.1) is 17.3 Å². The number of carbonyl (C=O) groups excluding carboxylic acids is 2. The summed E-state index contributed by atoms with van der Waals surface area (Å²) in [5, 5.41) is 5.51. The Morgan fingerprint density at radius 1 is 1.14 bits per heavy atom. The number of ether oxygens (including phenoxy) is 1. The number of hydrogen-bond donors (Lipinski definition) is 2. The number of amides is 2. The third-order valence-electron chi connectivity index (χ3n) is 3.80. The maximum atomic E-state index is 12.2. The maximum absolute atomic E-state index is 12.2. The second kappa shape index (κ2) is 6.71. The molecule has 2 atom stereocenters. The van der Waals surface area contributed by atoms with Crippen molar-refractivity contribution in [2.45, 2.75) is 54.1 Å². The molecule has 1 rings (SSSR count). The van der Waals surface area contributed by atoms with Crippen LogP contribution in [0.5, 0.6) is 0 Å². The van der Waals surface area contributed by atoms with Gasteiger partial charge in [-0.05, 0) is 46.0 Å². The van der Waals surface area contributed by atoms with Gasteiger partial charge in [0.15, 0.2) is 0 Å². The molecule has 22 heavy (non-hydrogen) atoms. The van der Waals surface area contributed by atoms with E-state index in [4.69, 9.17) is 4.74 Å². The van der Waals surface area contributed by atoms with Crippen LogP contribution >= 0.6 is 0 Å². The van der Waals surface area contributed by atoms with Gasteiger partial charge < -0.3 is 15.4 Å². The lowest BCUT2D eigenvalue weighted by atomic mass is 10.1. The van der Waals surface area contributed by atoms with Gasteiger partial charge in [0, 0.05) is 13.1 Å². The molecule has 0 aromatic heterocycles. The summed E-state index contributed by atoms with van der Waals surface area (Å²) in [6.45, 7) is 14.5. The van der Waals surface area contributed by atoms with Crippen molar-refractivity contribution in [3.8, 4) is 0 Å². The van der Waals surface area contributed by atoms with Crippen LogP contribution in [-0.2, 0) is 9.53 Å². The maximum Gasteiger partial charge on any atom is 0.407 e. The molecule has 0 heterocycles. The second-order valence-corrected chi connectivity index (χ2v) is 7.79. The SMILES string of the molecule is CC(C)=C[C@H]1[C@@H](C(=O)NCCNC(=O)OC(C)(C)C)C1(C)C. The molecule has 1 aliphatic rings. The zero-order valence-electron chi connectivity index (χ0n) is 14.9. The summed E-state index contributed by atoms with van der Waals surface area (Å²) in [5.74, 6) is 0.374. The molecule has 1 aliphatic carbocycles. The summed E-state index contributed by atoms with van der Waals surface area (Å²) in [6, 6.07) is 0. The lowest BCUT2D eigenvalue weighted by Gasteiger charge is -2.19. The minimum Gasteiger partial charge on any atom is -0.444 e. The quantitative estimate of drug-likeness (QED) is 0.606. The lowest BCUT2D eigenvalue weighted by Crippen LogP contribution is -2.38. The van der Waals surface area contributed by atoms with Crippen molar-refractivity contribution in [3.63, 3.8) is 0 Å². The van der Waals surface area contributed by atoms with E-state index in [0.29, 0.717) is 19.0 Å². The number of nitrogens with one attached hydrogen (secondary N) is 2. The Kier molecular flexibility index (Phi) is 5.65. The number of allylic oxidation sites excluding steroid dienone is 2. The molecule has 0 aliphatic heterocycles.